The van der Waals surface area contributed by atoms with Gasteiger partial charge in [-0.3, -0.25) is 4.79 Å². The summed E-state index contributed by atoms with van der Waals surface area (Å²) in [7, 11) is 0. The monoisotopic (exact) mass is 361 g/mol. The number of hydrogen-bond donors (Lipinski definition) is 0. The van der Waals surface area contributed by atoms with E-state index in [-0.39, 0.29) is 12.2 Å². The fourth-order valence-corrected chi connectivity index (χ4v) is 3.11. The molecule has 128 valence electrons. The molecule has 0 spiro atoms. The molecular weight excluding hydrogens is 346 g/mol. The second-order valence-electron chi connectivity index (χ2n) is 5.52. The van der Waals surface area contributed by atoms with E-state index in [4.69, 9.17) is 4.74 Å². The van der Waals surface area contributed by atoms with E-state index < -0.39 is 0 Å². The lowest BCUT2D eigenvalue weighted by molar-refractivity contribution is 0.289. The number of ether oxygens (including phenoxy) is 1. The second-order valence-corrected chi connectivity index (χ2v) is 6.50. The summed E-state index contributed by atoms with van der Waals surface area (Å²) < 4.78 is 7.09. The molecule has 0 bridgehead atoms. The van der Waals surface area contributed by atoms with Crippen LogP contribution in [0.1, 0.15) is 10.7 Å². The largest absolute Gasteiger partial charge is 0.486 e. The van der Waals surface area contributed by atoms with Crippen LogP contribution in [0.2, 0.25) is 0 Å². The van der Waals surface area contributed by atoms with Crippen molar-refractivity contribution in [1.29, 1.82) is 0 Å². The van der Waals surface area contributed by atoms with Crippen molar-refractivity contribution in [3.05, 3.63) is 93.2 Å². The van der Waals surface area contributed by atoms with E-state index in [0.29, 0.717) is 22.5 Å². The summed E-state index contributed by atoms with van der Waals surface area (Å²) >= 11 is 1.55. The Balaban J connectivity index is 1.76. The molecule has 0 saturated carbocycles. The summed E-state index contributed by atoms with van der Waals surface area (Å²) in [6.07, 6.45) is 1.66. The molecule has 0 radical (unpaired) electrons. The summed E-state index contributed by atoms with van der Waals surface area (Å²) in [5.41, 5.74) is 0.418. The first kappa shape index (κ1) is 16.2. The quantitative estimate of drug-likeness (QED) is 0.506. The standard InChI is InChI=1S/C20H15N3O2S/c24-20-17-10-4-5-11-18(17)22-19(14-25-15-7-2-1-3-8-15)23(20)21-13-16-9-6-12-26-16/h1-13H,14H2. The maximum atomic E-state index is 12.9. The number of rotatable bonds is 5. The van der Waals surface area contributed by atoms with Gasteiger partial charge in [-0.15, -0.1) is 11.3 Å². The Morgan fingerprint density at radius 1 is 1.04 bits per heavy atom. The Labute approximate surface area is 153 Å². The van der Waals surface area contributed by atoms with Crippen LogP contribution in [0, 0.1) is 0 Å². The van der Waals surface area contributed by atoms with Crippen LogP contribution < -0.4 is 10.3 Å². The molecular formula is C20H15N3O2S. The predicted octanol–water partition coefficient (Wildman–Crippen LogP) is 3.92. The van der Waals surface area contributed by atoms with Gasteiger partial charge in [-0.05, 0) is 35.7 Å². The van der Waals surface area contributed by atoms with Gasteiger partial charge < -0.3 is 4.74 Å². The lowest BCUT2D eigenvalue weighted by Gasteiger charge is -2.10. The predicted molar refractivity (Wildman–Crippen MR) is 104 cm³/mol. The Bertz CT molecular complexity index is 1100. The molecule has 2 heterocycles. The van der Waals surface area contributed by atoms with Crippen LogP contribution in [0.15, 0.2) is 82.0 Å². The molecule has 0 unspecified atom stereocenters. The van der Waals surface area contributed by atoms with Gasteiger partial charge in [0.15, 0.2) is 5.82 Å². The zero-order chi connectivity index (χ0) is 17.8. The summed E-state index contributed by atoms with van der Waals surface area (Å²) in [6, 6.07) is 20.5. The molecule has 0 amide bonds. The Hall–Kier alpha value is -3.25. The van der Waals surface area contributed by atoms with E-state index in [0.717, 1.165) is 4.88 Å². The molecule has 26 heavy (non-hydrogen) atoms. The van der Waals surface area contributed by atoms with Crippen molar-refractivity contribution in [2.75, 3.05) is 0 Å². The van der Waals surface area contributed by atoms with Gasteiger partial charge in [0.2, 0.25) is 0 Å². The van der Waals surface area contributed by atoms with Crippen LogP contribution in [-0.2, 0) is 6.61 Å². The van der Waals surface area contributed by atoms with Gasteiger partial charge in [-0.1, -0.05) is 36.4 Å². The molecule has 2 aromatic carbocycles. The van der Waals surface area contributed by atoms with Gasteiger partial charge >= 0.3 is 0 Å². The molecule has 0 fully saturated rings. The first-order valence-corrected chi connectivity index (χ1v) is 8.95. The maximum absolute atomic E-state index is 12.9. The topological polar surface area (TPSA) is 56.5 Å². The SMILES string of the molecule is O=c1c2ccccc2nc(COc2ccccc2)n1N=Cc1cccs1. The molecule has 0 aliphatic carbocycles. The lowest BCUT2D eigenvalue weighted by Crippen LogP contribution is -2.23. The second kappa shape index (κ2) is 7.33. The lowest BCUT2D eigenvalue weighted by atomic mass is 10.2. The van der Waals surface area contributed by atoms with E-state index in [1.54, 1.807) is 23.6 Å². The van der Waals surface area contributed by atoms with Crippen molar-refractivity contribution in [3.63, 3.8) is 0 Å². The number of fused-ring (bicyclic) bond motifs is 1. The van der Waals surface area contributed by atoms with E-state index in [2.05, 4.69) is 10.1 Å². The van der Waals surface area contributed by atoms with Crippen LogP contribution in [0.5, 0.6) is 5.75 Å². The average molecular weight is 361 g/mol. The Kier molecular flexibility index (Phi) is 4.57. The number of thiophene rings is 1. The van der Waals surface area contributed by atoms with Gasteiger partial charge in [0.25, 0.3) is 5.56 Å². The van der Waals surface area contributed by atoms with Crippen molar-refractivity contribution in [1.82, 2.24) is 9.66 Å². The normalized spacial score (nSPS) is 11.2. The molecule has 0 N–H and O–H groups in total. The van der Waals surface area contributed by atoms with Crippen LogP contribution in [0.3, 0.4) is 0 Å². The fraction of sp³-hybridized carbons (Fsp3) is 0.0500. The third-order valence-electron chi connectivity index (χ3n) is 3.78. The van der Waals surface area contributed by atoms with E-state index in [1.165, 1.54) is 4.68 Å². The van der Waals surface area contributed by atoms with Gasteiger partial charge in [0.05, 0.1) is 17.1 Å². The highest BCUT2D eigenvalue weighted by atomic mass is 32.1. The summed E-state index contributed by atoms with van der Waals surface area (Å²) in [4.78, 5) is 18.4. The number of hydrogen-bond acceptors (Lipinski definition) is 5. The van der Waals surface area contributed by atoms with Crippen molar-refractivity contribution in [3.8, 4) is 5.75 Å². The van der Waals surface area contributed by atoms with Gasteiger partial charge in [-0.2, -0.15) is 9.78 Å². The minimum atomic E-state index is -0.213. The van der Waals surface area contributed by atoms with E-state index in [9.17, 15) is 4.79 Å². The highest BCUT2D eigenvalue weighted by molar-refractivity contribution is 7.11. The third kappa shape index (κ3) is 3.41. The van der Waals surface area contributed by atoms with Crippen molar-refractivity contribution < 1.29 is 4.74 Å². The molecule has 4 aromatic rings. The summed E-state index contributed by atoms with van der Waals surface area (Å²) in [5.74, 6) is 1.16. The van der Waals surface area contributed by atoms with Crippen LogP contribution in [0.25, 0.3) is 10.9 Å². The van der Waals surface area contributed by atoms with Crippen molar-refractivity contribution >= 4 is 28.5 Å². The highest BCUT2D eigenvalue weighted by Crippen LogP contribution is 2.13. The minimum absolute atomic E-state index is 0.145. The fourth-order valence-electron chi connectivity index (χ4n) is 2.53. The Morgan fingerprint density at radius 3 is 2.65 bits per heavy atom. The summed E-state index contributed by atoms with van der Waals surface area (Å²) in [6.45, 7) is 0.145. The molecule has 4 rings (SSSR count). The first-order valence-electron chi connectivity index (χ1n) is 8.07. The molecule has 6 heteroatoms. The smallest absolute Gasteiger partial charge is 0.282 e. The average Bonchev–Trinajstić information content (AvgIpc) is 3.20. The van der Waals surface area contributed by atoms with Crippen LogP contribution in [-0.4, -0.2) is 15.9 Å². The van der Waals surface area contributed by atoms with Gasteiger partial charge in [0, 0.05) is 4.88 Å². The minimum Gasteiger partial charge on any atom is -0.486 e. The number of aromatic nitrogens is 2. The molecule has 0 saturated heterocycles. The Morgan fingerprint density at radius 2 is 1.85 bits per heavy atom. The van der Waals surface area contributed by atoms with E-state index >= 15 is 0 Å². The number of benzene rings is 2. The van der Waals surface area contributed by atoms with Gasteiger partial charge in [0.1, 0.15) is 12.4 Å². The summed E-state index contributed by atoms with van der Waals surface area (Å²) in [5, 5.41) is 6.85. The van der Waals surface area contributed by atoms with Crippen molar-refractivity contribution in [2.24, 2.45) is 5.10 Å². The van der Waals surface area contributed by atoms with Crippen LogP contribution >= 0.6 is 11.3 Å². The maximum Gasteiger partial charge on any atom is 0.282 e. The molecule has 0 aliphatic heterocycles. The third-order valence-corrected chi connectivity index (χ3v) is 4.58. The molecule has 0 atom stereocenters. The molecule has 5 nitrogen and oxygen atoms in total. The molecule has 0 aliphatic rings. The van der Waals surface area contributed by atoms with E-state index in [1.807, 2.05) is 66.0 Å². The zero-order valence-corrected chi connectivity index (χ0v) is 14.6. The number of nitrogens with zero attached hydrogens (tertiary/aromatic N) is 3. The van der Waals surface area contributed by atoms with Gasteiger partial charge in [-0.25, -0.2) is 4.98 Å². The molecule has 2 aromatic heterocycles. The number of para-hydroxylation sites is 2. The zero-order valence-electron chi connectivity index (χ0n) is 13.8. The van der Waals surface area contributed by atoms with Crippen LogP contribution in [0.4, 0.5) is 0 Å². The highest BCUT2D eigenvalue weighted by Gasteiger charge is 2.11. The van der Waals surface area contributed by atoms with Crippen molar-refractivity contribution in [2.45, 2.75) is 6.61 Å². The first-order chi connectivity index (χ1) is 12.8.